The van der Waals surface area contributed by atoms with Crippen LogP contribution in [-0.2, 0) is 11.3 Å². The predicted octanol–water partition coefficient (Wildman–Crippen LogP) is 1.91. The minimum atomic E-state index is 0.423. The number of carbonyl (C=O) groups excluding carboxylic acids is 1. The lowest BCUT2D eigenvalue weighted by Crippen LogP contribution is -2.45. The van der Waals surface area contributed by atoms with Gasteiger partial charge < -0.3 is 15.1 Å². The molecule has 0 radical (unpaired) electrons. The number of aromatic nitrogens is 4. The van der Waals surface area contributed by atoms with Crippen LogP contribution >= 0.6 is 0 Å². The first-order valence-electron chi connectivity index (χ1n) is 9.78. The molecular formula is C21H21N7O2. The van der Waals surface area contributed by atoms with E-state index in [4.69, 9.17) is 10.2 Å². The van der Waals surface area contributed by atoms with Crippen LogP contribution in [0.1, 0.15) is 5.56 Å². The second kappa shape index (κ2) is 7.60. The van der Waals surface area contributed by atoms with Crippen LogP contribution in [0.2, 0.25) is 0 Å². The van der Waals surface area contributed by atoms with Crippen molar-refractivity contribution in [2.24, 2.45) is 0 Å². The summed E-state index contributed by atoms with van der Waals surface area (Å²) in [5, 5.41) is 4.39. The van der Waals surface area contributed by atoms with E-state index in [2.05, 4.69) is 32.1 Å². The highest BCUT2D eigenvalue weighted by atomic mass is 16.3. The van der Waals surface area contributed by atoms with Gasteiger partial charge in [-0.3, -0.25) is 9.69 Å². The Bertz CT molecular complexity index is 1180. The monoisotopic (exact) mass is 403 g/mol. The van der Waals surface area contributed by atoms with Crippen LogP contribution in [0.3, 0.4) is 0 Å². The Morgan fingerprint density at radius 2 is 1.93 bits per heavy atom. The molecule has 0 bridgehead atoms. The molecule has 3 aromatic heterocycles. The Kier molecular flexibility index (Phi) is 4.64. The Hall–Kier alpha value is -3.72. The minimum absolute atomic E-state index is 0.423. The van der Waals surface area contributed by atoms with Crippen molar-refractivity contribution in [2.45, 2.75) is 6.54 Å². The van der Waals surface area contributed by atoms with Crippen LogP contribution in [0.4, 0.5) is 5.82 Å². The van der Waals surface area contributed by atoms with Crippen molar-refractivity contribution in [1.82, 2.24) is 29.4 Å². The molecule has 30 heavy (non-hydrogen) atoms. The van der Waals surface area contributed by atoms with Gasteiger partial charge in [0, 0.05) is 44.4 Å². The molecule has 1 aliphatic rings. The molecule has 152 valence electrons. The molecule has 2 N–H and O–H groups in total. The maximum atomic E-state index is 10.9. The van der Waals surface area contributed by atoms with Gasteiger partial charge in [0.25, 0.3) is 5.78 Å². The fourth-order valence-electron chi connectivity index (χ4n) is 3.66. The summed E-state index contributed by atoms with van der Waals surface area (Å²) in [7, 11) is 0. The first-order valence-corrected chi connectivity index (χ1v) is 9.78. The van der Waals surface area contributed by atoms with Crippen molar-refractivity contribution in [3.63, 3.8) is 0 Å². The molecule has 1 aliphatic heterocycles. The van der Waals surface area contributed by atoms with Crippen molar-refractivity contribution < 1.29 is 9.21 Å². The number of carbonyl (C=O) groups is 1. The number of anilines is 1. The van der Waals surface area contributed by atoms with Crippen LogP contribution in [-0.4, -0.2) is 62.0 Å². The van der Waals surface area contributed by atoms with Crippen LogP contribution in [0, 0.1) is 0 Å². The maximum Gasteiger partial charge on any atom is 0.255 e. The van der Waals surface area contributed by atoms with Gasteiger partial charge in [0.05, 0.1) is 12.0 Å². The summed E-state index contributed by atoms with van der Waals surface area (Å²) in [4.78, 5) is 24.2. The smallest absolute Gasteiger partial charge is 0.255 e. The molecule has 5 rings (SSSR count). The molecule has 9 nitrogen and oxygen atoms in total. The molecule has 9 heteroatoms. The second-order valence-electron chi connectivity index (χ2n) is 7.31. The number of amides is 1. The molecule has 1 aromatic carbocycles. The highest BCUT2D eigenvalue weighted by Gasteiger charge is 2.17. The van der Waals surface area contributed by atoms with Crippen molar-refractivity contribution in [2.75, 3.05) is 31.9 Å². The molecular weight excluding hydrogens is 382 g/mol. The van der Waals surface area contributed by atoms with Gasteiger partial charge in [-0.05, 0) is 23.8 Å². The van der Waals surface area contributed by atoms with Crippen LogP contribution in [0.15, 0.2) is 53.1 Å². The van der Waals surface area contributed by atoms with Gasteiger partial charge in [0.15, 0.2) is 5.76 Å². The summed E-state index contributed by atoms with van der Waals surface area (Å²) >= 11 is 0. The van der Waals surface area contributed by atoms with Crippen molar-refractivity contribution >= 4 is 18.0 Å². The third kappa shape index (κ3) is 3.50. The van der Waals surface area contributed by atoms with Crippen molar-refractivity contribution in [3.8, 4) is 22.8 Å². The zero-order valence-corrected chi connectivity index (χ0v) is 16.3. The average Bonchev–Trinajstić information content (AvgIpc) is 3.44. The van der Waals surface area contributed by atoms with Crippen LogP contribution in [0.25, 0.3) is 28.6 Å². The van der Waals surface area contributed by atoms with Gasteiger partial charge in [0.1, 0.15) is 5.82 Å². The second-order valence-corrected chi connectivity index (χ2v) is 7.31. The predicted molar refractivity (Wildman–Crippen MR) is 111 cm³/mol. The van der Waals surface area contributed by atoms with Gasteiger partial charge in [0.2, 0.25) is 12.2 Å². The van der Waals surface area contributed by atoms with E-state index in [1.165, 1.54) is 10.1 Å². The first-order chi connectivity index (χ1) is 14.7. The van der Waals surface area contributed by atoms with E-state index in [1.807, 2.05) is 17.0 Å². The summed E-state index contributed by atoms with van der Waals surface area (Å²) in [6, 6.07) is 13.6. The zero-order valence-electron chi connectivity index (χ0n) is 16.3. The Balaban J connectivity index is 1.41. The Morgan fingerprint density at radius 3 is 2.70 bits per heavy atom. The van der Waals surface area contributed by atoms with E-state index >= 15 is 0 Å². The number of hydrogen-bond donors (Lipinski definition) is 1. The van der Waals surface area contributed by atoms with Gasteiger partial charge in [-0.1, -0.05) is 18.2 Å². The van der Waals surface area contributed by atoms with E-state index in [-0.39, 0.29) is 0 Å². The maximum absolute atomic E-state index is 10.9. The number of nitrogens with zero attached hydrogens (tertiary/aromatic N) is 6. The molecule has 1 saturated heterocycles. The summed E-state index contributed by atoms with van der Waals surface area (Å²) in [6.07, 6.45) is 2.50. The highest BCUT2D eigenvalue weighted by molar-refractivity contribution is 5.66. The number of nitrogens with two attached hydrogens (primary N) is 1. The number of rotatable bonds is 5. The van der Waals surface area contributed by atoms with E-state index in [1.54, 1.807) is 24.5 Å². The number of hydrogen-bond acceptors (Lipinski definition) is 7. The lowest BCUT2D eigenvalue weighted by Gasteiger charge is -2.32. The molecule has 4 aromatic rings. The molecule has 0 spiro atoms. The standard InChI is InChI=1S/C21H21N7O2/c22-19-12-17(23-21-24-20(25-28(19)21)18-5-2-10-30-18)16-4-1-3-15(11-16)13-26-6-8-27(14-29)9-7-26/h1-5,10-12,14H,6-9,13,22H2. The normalized spacial score (nSPS) is 15.0. The van der Waals surface area contributed by atoms with E-state index in [0.29, 0.717) is 23.2 Å². The van der Waals surface area contributed by atoms with Gasteiger partial charge >= 0.3 is 0 Å². The minimum Gasteiger partial charge on any atom is -0.461 e. The topological polar surface area (TPSA) is 106 Å². The van der Waals surface area contributed by atoms with Crippen LogP contribution in [0.5, 0.6) is 0 Å². The molecule has 4 heterocycles. The van der Waals surface area contributed by atoms with Gasteiger partial charge in [-0.15, -0.1) is 5.10 Å². The molecule has 1 fully saturated rings. The largest absolute Gasteiger partial charge is 0.461 e. The SMILES string of the molecule is Nc1cc(-c2cccc(CN3CCN(C=O)CC3)c2)nc2nc(-c3ccco3)nn12. The van der Waals surface area contributed by atoms with Gasteiger partial charge in [-0.2, -0.15) is 9.50 Å². The summed E-state index contributed by atoms with van der Waals surface area (Å²) in [6.45, 7) is 4.10. The number of nitrogen functional groups attached to an aromatic ring is 1. The Labute approximate surface area is 172 Å². The molecule has 0 aliphatic carbocycles. The van der Waals surface area contributed by atoms with Crippen LogP contribution < -0.4 is 5.73 Å². The summed E-state index contributed by atoms with van der Waals surface area (Å²) < 4.78 is 6.88. The summed E-state index contributed by atoms with van der Waals surface area (Å²) in [5.74, 6) is 1.89. The lowest BCUT2D eigenvalue weighted by atomic mass is 10.1. The lowest BCUT2D eigenvalue weighted by molar-refractivity contribution is -0.119. The number of benzene rings is 1. The average molecular weight is 403 g/mol. The zero-order chi connectivity index (χ0) is 20.5. The molecule has 0 saturated carbocycles. The highest BCUT2D eigenvalue weighted by Crippen LogP contribution is 2.24. The third-order valence-electron chi connectivity index (χ3n) is 5.27. The molecule has 1 amide bonds. The Morgan fingerprint density at radius 1 is 1.07 bits per heavy atom. The molecule has 0 atom stereocenters. The van der Waals surface area contributed by atoms with Crippen molar-refractivity contribution in [3.05, 3.63) is 54.3 Å². The van der Waals surface area contributed by atoms with E-state index < -0.39 is 0 Å². The van der Waals surface area contributed by atoms with Gasteiger partial charge in [-0.25, -0.2) is 4.98 Å². The fourth-order valence-corrected chi connectivity index (χ4v) is 3.66. The first kappa shape index (κ1) is 18.3. The third-order valence-corrected chi connectivity index (χ3v) is 5.27. The van der Waals surface area contributed by atoms with Crippen molar-refractivity contribution in [1.29, 1.82) is 0 Å². The number of piperazine rings is 1. The molecule has 0 unspecified atom stereocenters. The number of fused-ring (bicyclic) bond motifs is 1. The summed E-state index contributed by atoms with van der Waals surface area (Å²) in [5.41, 5.74) is 9.12. The fraction of sp³-hybridized carbons (Fsp3) is 0.238. The van der Waals surface area contributed by atoms with E-state index in [0.717, 1.165) is 50.4 Å². The quantitative estimate of drug-likeness (QED) is 0.507. The number of furan rings is 1. The van der Waals surface area contributed by atoms with E-state index in [9.17, 15) is 4.79 Å².